The van der Waals surface area contributed by atoms with Crippen molar-refractivity contribution in [2.24, 2.45) is 0 Å². The molecule has 0 spiro atoms. The van der Waals surface area contributed by atoms with Crippen molar-refractivity contribution < 1.29 is 9.21 Å². The predicted molar refractivity (Wildman–Crippen MR) is 84.2 cm³/mol. The Morgan fingerprint density at radius 3 is 2.81 bits per heavy atom. The number of nitrogens with one attached hydrogen (secondary N) is 1. The Morgan fingerprint density at radius 2 is 2.14 bits per heavy atom. The maximum atomic E-state index is 11.9. The van der Waals surface area contributed by atoms with Crippen LogP contribution in [0, 0.1) is 6.92 Å². The van der Waals surface area contributed by atoms with Gasteiger partial charge < -0.3 is 14.6 Å². The molecule has 0 radical (unpaired) electrons. The fourth-order valence-electron chi connectivity index (χ4n) is 2.22. The Balaban J connectivity index is 1.81. The fourth-order valence-corrected chi connectivity index (χ4v) is 2.22. The van der Waals surface area contributed by atoms with Crippen LogP contribution in [0.2, 0.25) is 0 Å². The topological polar surface area (TPSA) is 45.5 Å². The number of hydrogen-bond donors (Lipinski definition) is 1. The molecule has 1 N–H and O–H groups in total. The van der Waals surface area contributed by atoms with Crippen LogP contribution in [0.3, 0.4) is 0 Å². The molecule has 0 unspecified atom stereocenters. The van der Waals surface area contributed by atoms with E-state index in [-0.39, 0.29) is 5.91 Å². The van der Waals surface area contributed by atoms with E-state index >= 15 is 0 Å². The summed E-state index contributed by atoms with van der Waals surface area (Å²) < 4.78 is 5.19. The zero-order valence-corrected chi connectivity index (χ0v) is 12.6. The van der Waals surface area contributed by atoms with Gasteiger partial charge in [0.15, 0.2) is 0 Å². The van der Waals surface area contributed by atoms with E-state index in [0.29, 0.717) is 19.5 Å². The summed E-state index contributed by atoms with van der Waals surface area (Å²) in [7, 11) is 0. The van der Waals surface area contributed by atoms with Gasteiger partial charge in [-0.2, -0.15) is 0 Å². The molecule has 0 saturated heterocycles. The molecule has 1 aromatic carbocycles. The minimum atomic E-state index is 0.0394. The summed E-state index contributed by atoms with van der Waals surface area (Å²) in [5, 5.41) is 2.87. The first kappa shape index (κ1) is 15.2. The molecule has 4 nitrogen and oxygen atoms in total. The molecule has 4 heteroatoms. The highest BCUT2D eigenvalue weighted by Crippen LogP contribution is 2.15. The fraction of sp³-hybridized carbons (Fsp3) is 0.353. The van der Waals surface area contributed by atoms with Gasteiger partial charge in [-0.25, -0.2) is 0 Å². The summed E-state index contributed by atoms with van der Waals surface area (Å²) in [6, 6.07) is 12.0. The summed E-state index contributed by atoms with van der Waals surface area (Å²) in [6.45, 7) is 6.22. The van der Waals surface area contributed by atoms with Crippen molar-refractivity contribution in [1.82, 2.24) is 5.32 Å². The summed E-state index contributed by atoms with van der Waals surface area (Å²) in [5.74, 6) is 0.812. The number of carbonyl (C=O) groups excluding carboxylic acids is 1. The van der Waals surface area contributed by atoms with Gasteiger partial charge in [0.25, 0.3) is 0 Å². The largest absolute Gasteiger partial charge is 0.467 e. The third-order valence-electron chi connectivity index (χ3n) is 3.40. The van der Waals surface area contributed by atoms with Crippen LogP contribution in [0.15, 0.2) is 47.1 Å². The van der Waals surface area contributed by atoms with Crippen LogP contribution in [0.1, 0.15) is 24.7 Å². The van der Waals surface area contributed by atoms with E-state index in [1.54, 1.807) is 6.26 Å². The number of hydrogen-bond acceptors (Lipinski definition) is 3. The van der Waals surface area contributed by atoms with E-state index in [2.05, 4.69) is 42.3 Å². The van der Waals surface area contributed by atoms with Gasteiger partial charge in [-0.1, -0.05) is 12.1 Å². The number of nitrogens with zero attached hydrogens (tertiary/aromatic N) is 1. The van der Waals surface area contributed by atoms with Crippen LogP contribution in [0.5, 0.6) is 0 Å². The van der Waals surface area contributed by atoms with Crippen molar-refractivity contribution in [1.29, 1.82) is 0 Å². The van der Waals surface area contributed by atoms with Crippen molar-refractivity contribution in [2.75, 3.05) is 18.0 Å². The van der Waals surface area contributed by atoms with Crippen LogP contribution in [-0.2, 0) is 11.3 Å². The molecule has 0 saturated carbocycles. The van der Waals surface area contributed by atoms with Crippen LogP contribution in [-0.4, -0.2) is 19.0 Å². The van der Waals surface area contributed by atoms with E-state index in [0.717, 1.165) is 18.0 Å². The van der Waals surface area contributed by atoms with E-state index in [4.69, 9.17) is 4.42 Å². The highest BCUT2D eigenvalue weighted by molar-refractivity contribution is 5.76. The first-order valence-electron chi connectivity index (χ1n) is 7.29. The Hall–Kier alpha value is -2.23. The molecule has 21 heavy (non-hydrogen) atoms. The molecular weight excluding hydrogens is 264 g/mol. The molecule has 2 rings (SSSR count). The quantitative estimate of drug-likeness (QED) is 0.850. The molecular formula is C17H22N2O2. The molecule has 0 aliphatic heterocycles. The third-order valence-corrected chi connectivity index (χ3v) is 3.40. The second-order valence-corrected chi connectivity index (χ2v) is 5.02. The second kappa shape index (κ2) is 7.53. The second-order valence-electron chi connectivity index (χ2n) is 5.02. The maximum Gasteiger partial charge on any atom is 0.222 e. The zero-order valence-electron chi connectivity index (χ0n) is 12.6. The molecule has 112 valence electrons. The zero-order chi connectivity index (χ0) is 15.1. The average Bonchev–Trinajstić information content (AvgIpc) is 2.99. The lowest BCUT2D eigenvalue weighted by molar-refractivity contribution is -0.121. The van der Waals surface area contributed by atoms with Gasteiger partial charge >= 0.3 is 0 Å². The van der Waals surface area contributed by atoms with Gasteiger partial charge in [0.05, 0.1) is 12.8 Å². The smallest absolute Gasteiger partial charge is 0.222 e. The Bertz CT molecular complexity index is 564. The van der Waals surface area contributed by atoms with Gasteiger partial charge in [0, 0.05) is 25.2 Å². The molecule has 1 aromatic heterocycles. The van der Waals surface area contributed by atoms with Gasteiger partial charge in [-0.05, 0) is 43.7 Å². The lowest BCUT2D eigenvalue weighted by Crippen LogP contribution is -2.30. The molecule has 2 aromatic rings. The number of rotatable bonds is 7. The third kappa shape index (κ3) is 4.67. The van der Waals surface area contributed by atoms with Gasteiger partial charge in [-0.15, -0.1) is 0 Å². The standard InChI is InChI=1S/C17H22N2O2/c1-3-19(15-7-4-6-14(2)12-15)10-9-17(20)18-13-16-8-5-11-21-16/h4-8,11-12H,3,9-10,13H2,1-2H3,(H,18,20). The highest BCUT2D eigenvalue weighted by Gasteiger charge is 2.08. The first-order chi connectivity index (χ1) is 10.2. The SMILES string of the molecule is CCN(CCC(=O)NCc1ccco1)c1cccc(C)c1. The normalized spacial score (nSPS) is 10.4. The van der Waals surface area contributed by atoms with Crippen molar-refractivity contribution in [2.45, 2.75) is 26.8 Å². The highest BCUT2D eigenvalue weighted by atomic mass is 16.3. The van der Waals surface area contributed by atoms with Gasteiger partial charge in [0.2, 0.25) is 5.91 Å². The minimum absolute atomic E-state index is 0.0394. The Kier molecular flexibility index (Phi) is 5.43. The van der Waals surface area contributed by atoms with Crippen LogP contribution < -0.4 is 10.2 Å². The predicted octanol–water partition coefficient (Wildman–Crippen LogP) is 3.12. The number of furan rings is 1. The molecule has 0 bridgehead atoms. The molecule has 0 aliphatic carbocycles. The number of anilines is 1. The summed E-state index contributed by atoms with van der Waals surface area (Å²) in [6.07, 6.45) is 2.08. The van der Waals surface area contributed by atoms with Crippen LogP contribution in [0.25, 0.3) is 0 Å². The van der Waals surface area contributed by atoms with E-state index in [9.17, 15) is 4.79 Å². The first-order valence-corrected chi connectivity index (χ1v) is 7.29. The molecule has 1 amide bonds. The molecule has 1 heterocycles. The maximum absolute atomic E-state index is 11.9. The van der Waals surface area contributed by atoms with E-state index in [1.807, 2.05) is 18.2 Å². The number of carbonyl (C=O) groups is 1. The van der Waals surface area contributed by atoms with Crippen LogP contribution >= 0.6 is 0 Å². The monoisotopic (exact) mass is 286 g/mol. The summed E-state index contributed by atoms with van der Waals surface area (Å²) in [5.41, 5.74) is 2.39. The van der Waals surface area contributed by atoms with Crippen molar-refractivity contribution >= 4 is 11.6 Å². The van der Waals surface area contributed by atoms with Crippen molar-refractivity contribution in [3.63, 3.8) is 0 Å². The Morgan fingerprint density at radius 1 is 1.29 bits per heavy atom. The number of benzene rings is 1. The minimum Gasteiger partial charge on any atom is -0.467 e. The molecule has 0 aliphatic rings. The van der Waals surface area contributed by atoms with Crippen LogP contribution in [0.4, 0.5) is 5.69 Å². The number of aryl methyl sites for hydroxylation is 1. The number of amides is 1. The lowest BCUT2D eigenvalue weighted by atomic mass is 10.2. The van der Waals surface area contributed by atoms with Crippen molar-refractivity contribution in [3.05, 3.63) is 54.0 Å². The van der Waals surface area contributed by atoms with Gasteiger partial charge in [-0.3, -0.25) is 4.79 Å². The van der Waals surface area contributed by atoms with E-state index < -0.39 is 0 Å². The molecule has 0 fully saturated rings. The Labute approximate surface area is 125 Å². The van der Waals surface area contributed by atoms with Gasteiger partial charge in [0.1, 0.15) is 5.76 Å². The van der Waals surface area contributed by atoms with Crippen molar-refractivity contribution in [3.8, 4) is 0 Å². The summed E-state index contributed by atoms with van der Waals surface area (Å²) in [4.78, 5) is 14.1. The average molecular weight is 286 g/mol. The molecule has 0 atom stereocenters. The van der Waals surface area contributed by atoms with E-state index in [1.165, 1.54) is 5.56 Å². The summed E-state index contributed by atoms with van der Waals surface area (Å²) >= 11 is 0. The lowest BCUT2D eigenvalue weighted by Gasteiger charge is -2.23.